The summed E-state index contributed by atoms with van der Waals surface area (Å²) in [5.74, 6) is -9.67. The second kappa shape index (κ2) is 9.16. The van der Waals surface area contributed by atoms with E-state index in [1.54, 1.807) is 24.3 Å². The van der Waals surface area contributed by atoms with Crippen LogP contribution in [0.15, 0.2) is 54.6 Å². The number of benzene rings is 1. The highest BCUT2D eigenvalue weighted by atomic mass is 16.8. The maximum atomic E-state index is 12.7. The van der Waals surface area contributed by atoms with Gasteiger partial charge in [0.2, 0.25) is 0 Å². The molecule has 1 aromatic carbocycles. The third kappa shape index (κ3) is 3.98. The van der Waals surface area contributed by atoms with E-state index in [9.17, 15) is 24.3 Å². The first kappa shape index (κ1) is 24.2. The molecular formula is C25H26N2O9. The van der Waals surface area contributed by atoms with Crippen LogP contribution in [-0.4, -0.2) is 63.9 Å². The van der Waals surface area contributed by atoms with Crippen molar-refractivity contribution in [2.45, 2.75) is 62.1 Å². The average molecular weight is 498 g/mol. The van der Waals surface area contributed by atoms with Crippen LogP contribution in [0, 0.1) is 0 Å². The molecule has 36 heavy (non-hydrogen) atoms. The fourth-order valence-electron chi connectivity index (χ4n) is 5.24. The SMILES string of the molecule is O=C1C=CC(=O)OC2(O1)N(C1CCCCC1)CC1(NCc3ccccc3)OC(=O)/C=C\C(=O)OC12O. The molecule has 1 saturated heterocycles. The van der Waals surface area contributed by atoms with E-state index in [2.05, 4.69) is 5.32 Å². The fraction of sp³-hybridized carbons (Fsp3) is 0.440. The topological polar surface area (TPSA) is 141 Å². The molecule has 11 nitrogen and oxygen atoms in total. The van der Waals surface area contributed by atoms with Gasteiger partial charge in [0.15, 0.2) is 0 Å². The molecule has 1 aromatic rings. The molecule has 2 unspecified atom stereocenters. The summed E-state index contributed by atoms with van der Waals surface area (Å²) < 4.78 is 22.4. The van der Waals surface area contributed by atoms with Crippen molar-refractivity contribution in [1.29, 1.82) is 0 Å². The van der Waals surface area contributed by atoms with E-state index in [4.69, 9.17) is 18.9 Å². The first-order valence-corrected chi connectivity index (χ1v) is 11.8. The number of hydrogen-bond donors (Lipinski definition) is 2. The van der Waals surface area contributed by atoms with Gasteiger partial charge in [0.25, 0.3) is 5.72 Å². The Kier molecular flexibility index (Phi) is 6.15. The summed E-state index contributed by atoms with van der Waals surface area (Å²) in [6.45, 7) is -0.249. The second-order valence-corrected chi connectivity index (χ2v) is 9.16. The molecule has 0 bridgehead atoms. The van der Waals surface area contributed by atoms with Crippen molar-refractivity contribution in [3.8, 4) is 0 Å². The summed E-state index contributed by atoms with van der Waals surface area (Å²) in [6, 6.07) is 8.69. The zero-order valence-electron chi connectivity index (χ0n) is 19.4. The van der Waals surface area contributed by atoms with Gasteiger partial charge in [0.05, 0.1) is 6.54 Å². The average Bonchev–Trinajstić information content (AvgIpc) is 2.95. The van der Waals surface area contributed by atoms with Crippen LogP contribution in [0.4, 0.5) is 0 Å². The molecule has 0 aromatic heterocycles. The van der Waals surface area contributed by atoms with Crippen LogP contribution >= 0.6 is 0 Å². The highest BCUT2D eigenvalue weighted by Crippen LogP contribution is 2.52. The Balaban J connectivity index is 1.67. The number of esters is 4. The monoisotopic (exact) mass is 498 g/mol. The molecule has 1 saturated carbocycles. The maximum Gasteiger partial charge on any atom is 0.396 e. The summed E-state index contributed by atoms with van der Waals surface area (Å²) in [6.07, 6.45) is 7.25. The highest BCUT2D eigenvalue weighted by Gasteiger charge is 2.83. The lowest BCUT2D eigenvalue weighted by Crippen LogP contribution is -2.74. The van der Waals surface area contributed by atoms with E-state index >= 15 is 0 Å². The fourth-order valence-corrected chi connectivity index (χ4v) is 5.24. The predicted octanol–water partition coefficient (Wildman–Crippen LogP) is 0.776. The minimum atomic E-state index is -2.97. The molecule has 2 fully saturated rings. The molecule has 4 aliphatic rings. The van der Waals surface area contributed by atoms with Crippen molar-refractivity contribution in [2.75, 3.05) is 6.54 Å². The molecule has 190 valence electrons. The zero-order chi connectivity index (χ0) is 25.4. The highest BCUT2D eigenvalue weighted by molar-refractivity contribution is 5.94. The van der Waals surface area contributed by atoms with Crippen LogP contribution in [0.5, 0.6) is 0 Å². The van der Waals surface area contributed by atoms with Gasteiger partial charge in [-0.3, -0.25) is 5.32 Å². The molecule has 0 radical (unpaired) electrons. The second-order valence-electron chi connectivity index (χ2n) is 9.16. The van der Waals surface area contributed by atoms with Gasteiger partial charge in [0.1, 0.15) is 0 Å². The van der Waals surface area contributed by atoms with Gasteiger partial charge in [-0.1, -0.05) is 49.6 Å². The first-order chi connectivity index (χ1) is 17.3. The first-order valence-electron chi connectivity index (χ1n) is 11.8. The third-order valence-electron chi connectivity index (χ3n) is 6.90. The summed E-state index contributed by atoms with van der Waals surface area (Å²) >= 11 is 0. The van der Waals surface area contributed by atoms with Gasteiger partial charge in [0, 0.05) is 36.9 Å². The van der Waals surface area contributed by atoms with E-state index in [0.717, 1.165) is 49.1 Å². The lowest BCUT2D eigenvalue weighted by atomic mass is 9.94. The molecule has 2 N–H and O–H groups in total. The molecule has 5 rings (SSSR count). The maximum absolute atomic E-state index is 12.7. The standard InChI is InChI=1S/C25H26N2O9/c28-19-11-12-20(29)34-24(32)23(33-19,26-15-17-7-3-1-4-8-17)16-27(18-9-5-2-6-10-18)25(24)35-21(30)13-14-22(31)36-25/h1,3-4,7-8,11-14,18,26,32H,2,5-6,9-10,15-16H2/b12-11-. The molecule has 3 heterocycles. The molecule has 1 spiro atoms. The van der Waals surface area contributed by atoms with Gasteiger partial charge < -0.3 is 24.1 Å². The summed E-state index contributed by atoms with van der Waals surface area (Å²) in [7, 11) is 0. The van der Waals surface area contributed by atoms with E-state index in [1.165, 1.54) is 4.90 Å². The number of fused-ring (bicyclic) bond motifs is 2. The van der Waals surface area contributed by atoms with Crippen molar-refractivity contribution in [1.82, 2.24) is 10.2 Å². The number of hydrogen-bond acceptors (Lipinski definition) is 11. The number of carbonyl (C=O) groups excluding carboxylic acids is 4. The van der Waals surface area contributed by atoms with Crippen LogP contribution in [-0.2, 0) is 44.7 Å². The van der Waals surface area contributed by atoms with Crippen molar-refractivity contribution < 1.29 is 43.2 Å². The molecule has 2 atom stereocenters. The van der Waals surface area contributed by atoms with Crippen LogP contribution in [0.1, 0.15) is 37.7 Å². The third-order valence-corrected chi connectivity index (χ3v) is 6.90. The van der Waals surface area contributed by atoms with Gasteiger partial charge in [-0.25, -0.2) is 24.1 Å². The van der Waals surface area contributed by atoms with Gasteiger partial charge in [-0.2, -0.15) is 0 Å². The summed E-state index contributed by atoms with van der Waals surface area (Å²) in [4.78, 5) is 52.2. The van der Waals surface area contributed by atoms with Crippen LogP contribution in [0.2, 0.25) is 0 Å². The summed E-state index contributed by atoms with van der Waals surface area (Å²) in [5, 5.41) is 15.2. The number of carbonyl (C=O) groups is 4. The quantitative estimate of drug-likeness (QED) is 0.449. The number of aliphatic hydroxyl groups is 1. The smallest absolute Gasteiger partial charge is 0.396 e. The van der Waals surface area contributed by atoms with E-state index in [1.807, 2.05) is 6.07 Å². The molecule has 1 aliphatic carbocycles. The van der Waals surface area contributed by atoms with E-state index < -0.39 is 41.3 Å². The largest absolute Gasteiger partial charge is 0.432 e. The normalized spacial score (nSPS) is 31.4. The minimum Gasteiger partial charge on any atom is -0.432 e. The van der Waals surface area contributed by atoms with Crippen molar-refractivity contribution in [3.05, 3.63) is 60.2 Å². The number of likely N-dealkylation sites (tertiary alicyclic amines) is 1. The Morgan fingerprint density at radius 2 is 1.36 bits per heavy atom. The number of ether oxygens (including phenoxy) is 4. The van der Waals surface area contributed by atoms with Crippen LogP contribution < -0.4 is 5.32 Å². The molecule has 3 aliphatic heterocycles. The van der Waals surface area contributed by atoms with Crippen molar-refractivity contribution in [2.24, 2.45) is 0 Å². The lowest BCUT2D eigenvalue weighted by Gasteiger charge is -2.46. The zero-order valence-corrected chi connectivity index (χ0v) is 19.4. The van der Waals surface area contributed by atoms with E-state index in [-0.39, 0.29) is 19.1 Å². The number of nitrogens with one attached hydrogen (secondary N) is 1. The number of rotatable bonds is 4. The Morgan fingerprint density at radius 1 is 0.806 bits per heavy atom. The predicted molar refractivity (Wildman–Crippen MR) is 120 cm³/mol. The molecular weight excluding hydrogens is 472 g/mol. The van der Waals surface area contributed by atoms with Crippen LogP contribution in [0.3, 0.4) is 0 Å². The Bertz CT molecular complexity index is 1110. The molecule has 0 amide bonds. The Hall–Kier alpha value is -3.54. The van der Waals surface area contributed by atoms with Gasteiger partial charge in [-0.15, -0.1) is 0 Å². The lowest BCUT2D eigenvalue weighted by molar-refractivity contribution is -0.413. The van der Waals surface area contributed by atoms with Crippen molar-refractivity contribution in [3.63, 3.8) is 0 Å². The van der Waals surface area contributed by atoms with Gasteiger partial charge in [-0.05, 0) is 18.4 Å². The summed E-state index contributed by atoms with van der Waals surface area (Å²) in [5.41, 5.74) is -1.42. The van der Waals surface area contributed by atoms with Gasteiger partial charge >= 0.3 is 35.6 Å². The van der Waals surface area contributed by atoms with Crippen molar-refractivity contribution >= 4 is 23.9 Å². The minimum absolute atomic E-state index is 0.0619. The molecule has 11 heteroatoms. The van der Waals surface area contributed by atoms with E-state index in [0.29, 0.717) is 12.8 Å². The Morgan fingerprint density at radius 3 is 1.97 bits per heavy atom. The number of nitrogens with zero attached hydrogens (tertiary/aromatic N) is 1. The van der Waals surface area contributed by atoms with Crippen LogP contribution in [0.25, 0.3) is 0 Å². The Labute approximate surface area is 206 Å².